The summed E-state index contributed by atoms with van der Waals surface area (Å²) in [5.74, 6) is 0. The van der Waals surface area contributed by atoms with Crippen LogP contribution in [-0.4, -0.2) is 0 Å². The van der Waals surface area contributed by atoms with Crippen LogP contribution >= 0.6 is 0 Å². The number of hydrogen-bond donors (Lipinski definition) is 0. The molecule has 0 spiro atoms. The molecule has 0 saturated heterocycles. The third-order valence-corrected chi connectivity index (χ3v) is 2.62. The summed E-state index contributed by atoms with van der Waals surface area (Å²) in [6, 6.07) is 16.3. The first-order chi connectivity index (χ1) is 7.83. The van der Waals surface area contributed by atoms with Crippen LogP contribution in [0.4, 0.5) is 0 Å². The molecule has 0 saturated carbocycles. The zero-order valence-electron chi connectivity index (χ0n) is 9.22. The third kappa shape index (κ3) is 1.94. The maximum atomic E-state index is 8.80. The van der Waals surface area contributed by atoms with Gasteiger partial charge >= 0.3 is 0 Å². The Balaban J connectivity index is 2.57. The number of hydrogen-bond acceptors (Lipinski definition) is 1. The molecular weight excluding hydrogens is 196 g/mol. The van der Waals surface area contributed by atoms with E-state index in [1.165, 1.54) is 0 Å². The molecule has 0 radical (unpaired) electrons. The highest BCUT2D eigenvalue weighted by Gasteiger charge is 2.11. The second-order valence-electron chi connectivity index (χ2n) is 3.69. The number of rotatable bonds is 2. The van der Waals surface area contributed by atoms with Crippen molar-refractivity contribution in [1.82, 2.24) is 0 Å². The fourth-order valence-electron chi connectivity index (χ4n) is 1.81. The van der Waals surface area contributed by atoms with Crippen molar-refractivity contribution < 1.29 is 4.57 Å². The van der Waals surface area contributed by atoms with Gasteiger partial charge in [-0.2, -0.15) is 5.26 Å². The molecule has 16 heavy (non-hydrogen) atoms. The van der Waals surface area contributed by atoms with Crippen LogP contribution in [0.5, 0.6) is 0 Å². The molecule has 0 aliphatic heterocycles. The van der Waals surface area contributed by atoms with Crippen molar-refractivity contribution in [3.8, 4) is 17.3 Å². The third-order valence-electron chi connectivity index (χ3n) is 2.62. The Hall–Kier alpha value is -2.14. The Morgan fingerprint density at radius 2 is 1.88 bits per heavy atom. The lowest BCUT2D eigenvalue weighted by molar-refractivity contribution is -0.660. The summed E-state index contributed by atoms with van der Waals surface area (Å²) >= 11 is 0. The molecule has 1 aromatic carbocycles. The predicted octanol–water partition coefficient (Wildman–Crippen LogP) is 2.24. The maximum absolute atomic E-state index is 8.80. The fraction of sp³-hybridized carbons (Fsp3) is 0.143. The highest BCUT2D eigenvalue weighted by molar-refractivity contribution is 5.61. The molecule has 0 atom stereocenters. The largest absolute Gasteiger partial charge is 0.212 e. The fourth-order valence-corrected chi connectivity index (χ4v) is 1.81. The zero-order valence-corrected chi connectivity index (χ0v) is 9.22. The highest BCUT2D eigenvalue weighted by Crippen LogP contribution is 2.20. The van der Waals surface area contributed by atoms with E-state index in [0.717, 1.165) is 16.8 Å². The Morgan fingerprint density at radius 1 is 1.12 bits per heavy atom. The SMILES string of the molecule is C[n+]1ccccc1-c1ccccc1CC#N. The lowest BCUT2D eigenvalue weighted by Gasteiger charge is -2.04. The van der Waals surface area contributed by atoms with Crippen molar-refractivity contribution in [3.05, 3.63) is 54.2 Å². The van der Waals surface area contributed by atoms with Gasteiger partial charge in [-0.05, 0) is 17.7 Å². The molecular formula is C14H13N2+. The minimum atomic E-state index is 0.449. The average Bonchev–Trinajstić information content (AvgIpc) is 2.31. The van der Waals surface area contributed by atoms with Crippen LogP contribution in [0.1, 0.15) is 5.56 Å². The van der Waals surface area contributed by atoms with E-state index in [-0.39, 0.29) is 0 Å². The van der Waals surface area contributed by atoms with Crippen molar-refractivity contribution >= 4 is 0 Å². The van der Waals surface area contributed by atoms with Crippen LogP contribution in [0.25, 0.3) is 11.3 Å². The Bertz CT molecular complexity index is 538. The molecule has 0 N–H and O–H groups in total. The normalized spacial score (nSPS) is 9.75. The van der Waals surface area contributed by atoms with E-state index < -0.39 is 0 Å². The number of aryl methyl sites for hydroxylation is 1. The molecule has 1 heterocycles. The van der Waals surface area contributed by atoms with Gasteiger partial charge in [0.2, 0.25) is 5.69 Å². The van der Waals surface area contributed by atoms with E-state index >= 15 is 0 Å². The molecule has 78 valence electrons. The summed E-state index contributed by atoms with van der Waals surface area (Å²) < 4.78 is 2.07. The quantitative estimate of drug-likeness (QED) is 0.697. The Kier molecular flexibility index (Phi) is 2.98. The van der Waals surface area contributed by atoms with Crippen molar-refractivity contribution in [2.45, 2.75) is 6.42 Å². The second-order valence-corrected chi connectivity index (χ2v) is 3.69. The summed E-state index contributed by atoms with van der Waals surface area (Å²) in [7, 11) is 2.01. The summed E-state index contributed by atoms with van der Waals surface area (Å²) in [6.45, 7) is 0. The van der Waals surface area contributed by atoms with Crippen LogP contribution in [0.3, 0.4) is 0 Å². The maximum Gasteiger partial charge on any atom is 0.212 e. The number of nitrogens with zero attached hydrogens (tertiary/aromatic N) is 2. The minimum Gasteiger partial charge on any atom is -0.201 e. The van der Waals surface area contributed by atoms with E-state index in [4.69, 9.17) is 5.26 Å². The number of benzene rings is 1. The molecule has 2 aromatic rings. The van der Waals surface area contributed by atoms with Crippen molar-refractivity contribution in [3.63, 3.8) is 0 Å². The molecule has 2 nitrogen and oxygen atoms in total. The standard InChI is InChI=1S/C14H13N2/c1-16-11-5-4-8-14(16)13-7-3-2-6-12(13)9-10-15/h2-8,11H,9H2,1H3/q+1. The molecule has 2 heteroatoms. The smallest absolute Gasteiger partial charge is 0.201 e. The number of pyridine rings is 1. The molecule has 0 fully saturated rings. The topological polar surface area (TPSA) is 27.7 Å². The molecule has 0 amide bonds. The second kappa shape index (κ2) is 4.59. The number of aromatic nitrogens is 1. The van der Waals surface area contributed by atoms with Gasteiger partial charge < -0.3 is 0 Å². The Morgan fingerprint density at radius 3 is 2.62 bits per heavy atom. The van der Waals surface area contributed by atoms with E-state index in [2.05, 4.69) is 22.8 Å². The van der Waals surface area contributed by atoms with Crippen LogP contribution in [-0.2, 0) is 13.5 Å². The first kappa shape index (κ1) is 10.4. The van der Waals surface area contributed by atoms with Crippen LogP contribution in [0.15, 0.2) is 48.7 Å². The first-order valence-corrected chi connectivity index (χ1v) is 5.23. The zero-order chi connectivity index (χ0) is 11.4. The summed E-state index contributed by atoms with van der Waals surface area (Å²) in [5.41, 5.74) is 3.34. The average molecular weight is 209 g/mol. The van der Waals surface area contributed by atoms with Gasteiger partial charge in [-0.1, -0.05) is 18.2 Å². The predicted molar refractivity (Wildman–Crippen MR) is 62.4 cm³/mol. The first-order valence-electron chi connectivity index (χ1n) is 5.23. The van der Waals surface area contributed by atoms with Crippen molar-refractivity contribution in [2.24, 2.45) is 7.05 Å². The minimum absolute atomic E-state index is 0.449. The Labute approximate surface area is 95.4 Å². The van der Waals surface area contributed by atoms with Gasteiger partial charge in [-0.3, -0.25) is 0 Å². The van der Waals surface area contributed by atoms with Crippen molar-refractivity contribution in [1.29, 1.82) is 5.26 Å². The highest BCUT2D eigenvalue weighted by atomic mass is 14.9. The van der Waals surface area contributed by atoms with Crippen LogP contribution in [0, 0.1) is 11.3 Å². The summed E-state index contributed by atoms with van der Waals surface area (Å²) in [5, 5.41) is 8.80. The molecule has 1 aromatic heterocycles. The lowest BCUT2D eigenvalue weighted by Crippen LogP contribution is -2.30. The summed E-state index contributed by atoms with van der Waals surface area (Å²) in [6.07, 6.45) is 2.46. The van der Waals surface area contributed by atoms with E-state index in [1.807, 2.05) is 43.6 Å². The van der Waals surface area contributed by atoms with E-state index in [9.17, 15) is 0 Å². The summed E-state index contributed by atoms with van der Waals surface area (Å²) in [4.78, 5) is 0. The van der Waals surface area contributed by atoms with Crippen LogP contribution < -0.4 is 4.57 Å². The number of nitriles is 1. The van der Waals surface area contributed by atoms with Gasteiger partial charge in [0.05, 0.1) is 18.1 Å². The molecule has 0 bridgehead atoms. The van der Waals surface area contributed by atoms with E-state index in [1.54, 1.807) is 0 Å². The van der Waals surface area contributed by atoms with Gasteiger partial charge in [0.1, 0.15) is 7.05 Å². The van der Waals surface area contributed by atoms with Gasteiger partial charge in [-0.15, -0.1) is 0 Å². The van der Waals surface area contributed by atoms with Gasteiger partial charge in [0.25, 0.3) is 0 Å². The molecule has 2 rings (SSSR count). The van der Waals surface area contributed by atoms with Gasteiger partial charge in [-0.25, -0.2) is 4.57 Å². The van der Waals surface area contributed by atoms with Crippen LogP contribution in [0.2, 0.25) is 0 Å². The van der Waals surface area contributed by atoms with E-state index in [0.29, 0.717) is 6.42 Å². The monoisotopic (exact) mass is 209 g/mol. The lowest BCUT2D eigenvalue weighted by atomic mass is 10.0. The van der Waals surface area contributed by atoms with Gasteiger partial charge in [0.15, 0.2) is 6.20 Å². The van der Waals surface area contributed by atoms with Gasteiger partial charge in [0, 0.05) is 12.1 Å². The molecule has 0 aliphatic rings. The molecule has 0 aliphatic carbocycles. The van der Waals surface area contributed by atoms with Crippen molar-refractivity contribution in [2.75, 3.05) is 0 Å². The molecule has 0 unspecified atom stereocenters.